The minimum atomic E-state index is -4.13. The summed E-state index contributed by atoms with van der Waals surface area (Å²) in [6.45, 7) is 0. The Kier molecular flexibility index (Phi) is 2.46. The molecule has 0 radical (unpaired) electrons. The third-order valence-corrected chi connectivity index (χ3v) is 3.33. The minimum Gasteiger partial charge on any atom is -0.386 e. The van der Waals surface area contributed by atoms with E-state index in [1.54, 1.807) is 0 Å². The molecule has 3 unspecified atom stereocenters. The molecule has 1 fully saturated rings. The smallest absolute Gasteiger partial charge is 0.354 e. The van der Waals surface area contributed by atoms with Crippen molar-refractivity contribution >= 4 is 16.4 Å². The van der Waals surface area contributed by atoms with Crippen molar-refractivity contribution in [1.29, 1.82) is 0 Å². The van der Waals surface area contributed by atoms with Crippen molar-refractivity contribution in [3.63, 3.8) is 0 Å². The van der Waals surface area contributed by atoms with Crippen LogP contribution in [-0.2, 0) is 9.09 Å². The maximum atomic E-state index is 10.4. The summed E-state index contributed by atoms with van der Waals surface area (Å²) in [5, 5.41) is 8.81. The standard InChI is InChI=1S/C3H8O5P2/c4-2-1-3(8-9-2)10(5,6)7/h2-4,9H,1H2,(H2,5,6,7). The van der Waals surface area contributed by atoms with Crippen LogP contribution in [0.15, 0.2) is 0 Å². The molecule has 3 atom stereocenters. The molecule has 0 bridgehead atoms. The number of hydrogen-bond donors (Lipinski definition) is 3. The van der Waals surface area contributed by atoms with Crippen LogP contribution in [0.2, 0.25) is 0 Å². The molecular formula is C3H8O5P2. The van der Waals surface area contributed by atoms with Crippen LogP contribution in [0.5, 0.6) is 0 Å². The summed E-state index contributed by atoms with van der Waals surface area (Å²) >= 11 is 0. The molecule has 0 aromatic heterocycles. The summed E-state index contributed by atoms with van der Waals surface area (Å²) < 4.78 is 15.1. The molecule has 3 N–H and O–H groups in total. The van der Waals surface area contributed by atoms with Gasteiger partial charge in [0.2, 0.25) is 0 Å². The predicted molar refractivity (Wildman–Crippen MR) is 35.9 cm³/mol. The van der Waals surface area contributed by atoms with Gasteiger partial charge in [-0.05, 0) is 0 Å². The molecule has 5 nitrogen and oxygen atoms in total. The fourth-order valence-electron chi connectivity index (χ4n) is 0.650. The zero-order chi connectivity index (χ0) is 7.78. The summed E-state index contributed by atoms with van der Waals surface area (Å²) in [7, 11) is -4.33. The molecule has 60 valence electrons. The summed E-state index contributed by atoms with van der Waals surface area (Å²) in [4.78, 5) is 17.0. The van der Waals surface area contributed by atoms with Gasteiger partial charge in [0.25, 0.3) is 0 Å². The Morgan fingerprint density at radius 3 is 2.40 bits per heavy atom. The van der Waals surface area contributed by atoms with Crippen LogP contribution in [0.1, 0.15) is 6.42 Å². The first kappa shape index (κ1) is 8.60. The normalized spacial score (nSPS) is 37.1. The lowest BCUT2D eigenvalue weighted by atomic mass is 10.5. The molecule has 1 aliphatic heterocycles. The maximum absolute atomic E-state index is 10.4. The van der Waals surface area contributed by atoms with Gasteiger partial charge >= 0.3 is 7.60 Å². The van der Waals surface area contributed by atoms with Gasteiger partial charge in [-0.1, -0.05) is 0 Å². The Labute approximate surface area is 59.4 Å². The Bertz CT molecular complexity index is 164. The molecule has 0 aliphatic carbocycles. The van der Waals surface area contributed by atoms with Crippen LogP contribution in [0, 0.1) is 0 Å². The highest BCUT2D eigenvalue weighted by atomic mass is 31.2. The molecular weight excluding hydrogens is 178 g/mol. The predicted octanol–water partition coefficient (Wildman–Crippen LogP) is -0.178. The van der Waals surface area contributed by atoms with Crippen molar-refractivity contribution in [1.82, 2.24) is 0 Å². The van der Waals surface area contributed by atoms with Crippen molar-refractivity contribution in [2.45, 2.75) is 18.1 Å². The Balaban J connectivity index is 2.53. The Morgan fingerprint density at radius 2 is 2.20 bits per heavy atom. The van der Waals surface area contributed by atoms with Gasteiger partial charge in [0.05, 0.1) is 5.85 Å². The molecule has 0 aromatic rings. The topological polar surface area (TPSA) is 87.0 Å². The first-order valence-corrected chi connectivity index (χ1v) is 5.31. The second-order valence-corrected chi connectivity index (χ2v) is 4.92. The molecule has 0 saturated carbocycles. The lowest BCUT2D eigenvalue weighted by Gasteiger charge is -2.09. The van der Waals surface area contributed by atoms with E-state index in [1.165, 1.54) is 0 Å². The Morgan fingerprint density at radius 1 is 1.60 bits per heavy atom. The summed E-state index contributed by atoms with van der Waals surface area (Å²) in [5.74, 6) is -1.78. The van der Waals surface area contributed by atoms with Crippen LogP contribution in [0.3, 0.4) is 0 Å². The largest absolute Gasteiger partial charge is 0.386 e. The van der Waals surface area contributed by atoms with E-state index in [0.29, 0.717) is 0 Å². The van der Waals surface area contributed by atoms with Crippen molar-refractivity contribution < 1.29 is 24.0 Å². The number of aliphatic hydroxyl groups excluding tert-OH is 1. The van der Waals surface area contributed by atoms with Crippen molar-refractivity contribution in [3.05, 3.63) is 0 Å². The number of rotatable bonds is 1. The highest BCUT2D eigenvalue weighted by Crippen LogP contribution is 2.52. The van der Waals surface area contributed by atoms with E-state index in [2.05, 4.69) is 4.52 Å². The highest BCUT2D eigenvalue weighted by molar-refractivity contribution is 7.53. The quantitative estimate of drug-likeness (QED) is 0.494. The summed E-state index contributed by atoms with van der Waals surface area (Å²) in [6, 6.07) is 0. The molecule has 1 heterocycles. The van der Waals surface area contributed by atoms with E-state index in [1.807, 2.05) is 0 Å². The van der Waals surface area contributed by atoms with Gasteiger partial charge in [-0.2, -0.15) is 0 Å². The molecule has 0 aromatic carbocycles. The van der Waals surface area contributed by atoms with Gasteiger partial charge in [0.15, 0.2) is 5.85 Å². The molecule has 1 rings (SSSR count). The van der Waals surface area contributed by atoms with Crippen LogP contribution in [-0.4, -0.2) is 26.6 Å². The van der Waals surface area contributed by atoms with Crippen molar-refractivity contribution in [3.8, 4) is 0 Å². The summed E-state index contributed by atoms with van der Waals surface area (Å²) in [5.41, 5.74) is 0. The Hall–Kier alpha value is 0.500. The zero-order valence-electron chi connectivity index (χ0n) is 4.97. The minimum absolute atomic E-state index is 0.0444. The lowest BCUT2D eigenvalue weighted by Crippen LogP contribution is -2.06. The van der Waals surface area contributed by atoms with E-state index in [9.17, 15) is 4.57 Å². The fourth-order valence-corrected chi connectivity index (χ4v) is 2.78. The second-order valence-electron chi connectivity index (χ2n) is 2.03. The average Bonchev–Trinajstić information content (AvgIpc) is 2.11. The first-order chi connectivity index (χ1) is 4.50. The molecule has 0 spiro atoms. The van der Waals surface area contributed by atoms with Crippen LogP contribution in [0.25, 0.3) is 0 Å². The summed E-state index contributed by atoms with van der Waals surface area (Å²) in [6.07, 6.45) is 0.0444. The van der Waals surface area contributed by atoms with E-state index >= 15 is 0 Å². The fraction of sp³-hybridized carbons (Fsp3) is 1.00. The van der Waals surface area contributed by atoms with E-state index in [4.69, 9.17) is 14.9 Å². The van der Waals surface area contributed by atoms with Crippen molar-refractivity contribution in [2.24, 2.45) is 0 Å². The highest BCUT2D eigenvalue weighted by Gasteiger charge is 2.37. The van der Waals surface area contributed by atoms with Gasteiger partial charge < -0.3 is 19.4 Å². The van der Waals surface area contributed by atoms with Crippen molar-refractivity contribution in [2.75, 3.05) is 0 Å². The molecule has 10 heavy (non-hydrogen) atoms. The third-order valence-electron chi connectivity index (χ3n) is 1.14. The average molecular weight is 186 g/mol. The zero-order valence-corrected chi connectivity index (χ0v) is 6.86. The number of aliphatic hydroxyl groups is 1. The molecule has 7 heteroatoms. The lowest BCUT2D eigenvalue weighted by molar-refractivity contribution is 0.223. The van der Waals surface area contributed by atoms with Gasteiger partial charge in [0, 0.05) is 15.2 Å². The van der Waals surface area contributed by atoms with Gasteiger partial charge in [-0.25, -0.2) is 0 Å². The van der Waals surface area contributed by atoms with Gasteiger partial charge in [-0.15, -0.1) is 0 Å². The van der Waals surface area contributed by atoms with Crippen LogP contribution in [0.4, 0.5) is 0 Å². The van der Waals surface area contributed by atoms with Gasteiger partial charge in [-0.3, -0.25) is 4.57 Å². The van der Waals surface area contributed by atoms with E-state index in [-0.39, 0.29) is 15.2 Å². The van der Waals surface area contributed by atoms with E-state index in [0.717, 1.165) is 0 Å². The monoisotopic (exact) mass is 186 g/mol. The van der Waals surface area contributed by atoms with Crippen LogP contribution < -0.4 is 0 Å². The second kappa shape index (κ2) is 2.86. The van der Waals surface area contributed by atoms with Gasteiger partial charge in [0.1, 0.15) is 0 Å². The maximum Gasteiger partial charge on any atom is 0.354 e. The molecule has 1 saturated heterocycles. The third kappa shape index (κ3) is 1.99. The molecule has 0 amide bonds. The van der Waals surface area contributed by atoms with Crippen LogP contribution >= 0.6 is 16.4 Å². The first-order valence-electron chi connectivity index (χ1n) is 2.64. The SMILES string of the molecule is O=P(O)(O)C1CC(O)PO1. The molecule has 1 aliphatic rings. The van der Waals surface area contributed by atoms with E-state index < -0.39 is 19.3 Å². The number of hydrogen-bond acceptors (Lipinski definition) is 3.